The number of ether oxygens (including phenoxy) is 4. The van der Waals surface area contributed by atoms with E-state index >= 15 is 0 Å². The van der Waals surface area contributed by atoms with Crippen LogP contribution in [-0.4, -0.2) is 60.2 Å². The molecule has 0 saturated heterocycles. The summed E-state index contributed by atoms with van der Waals surface area (Å²) in [6.45, 7) is 23.5. The molecule has 0 spiro atoms. The van der Waals surface area contributed by atoms with Crippen LogP contribution in [0.15, 0.2) is 97.1 Å². The zero-order valence-corrected chi connectivity index (χ0v) is 35.1. The van der Waals surface area contributed by atoms with Crippen molar-refractivity contribution in [3.63, 3.8) is 0 Å². The number of carboxylic acids is 2. The highest BCUT2D eigenvalue weighted by atomic mass is 31.0. The van der Waals surface area contributed by atoms with E-state index < -0.39 is 40.1 Å². The number of aliphatic carboxylic acids is 2. The molecule has 2 atom stereocenters. The fraction of sp³-hybridized carbons (Fsp3) is 0.478. The third-order valence-corrected chi connectivity index (χ3v) is 7.81. The minimum Gasteiger partial charge on any atom is -0.577 e. The maximum atomic E-state index is 12.8. The first kappa shape index (κ1) is 68.6. The molecule has 338 valence electrons. The lowest BCUT2D eigenvalue weighted by atomic mass is 9.65. The van der Waals surface area contributed by atoms with Crippen LogP contribution in [0.2, 0.25) is 0 Å². The maximum Gasteiger partial charge on any atom is 0.333 e. The van der Waals surface area contributed by atoms with Crippen molar-refractivity contribution < 1.29 is 57.9 Å². The molecule has 0 bridgehead atoms. The number of benzene rings is 2. The largest absolute Gasteiger partial charge is 0.577 e. The van der Waals surface area contributed by atoms with Crippen molar-refractivity contribution in [1.29, 1.82) is 0 Å². The molecule has 0 radical (unpaired) electrons. The Balaban J connectivity index is -0.000000145. The number of hydrogen-bond acceptors (Lipinski definition) is 10. The minimum atomic E-state index is -1.30. The number of hydrogen-bond donors (Lipinski definition) is 2. The Kier molecular flexibility index (Phi) is 39.3. The molecule has 2 rings (SSSR count). The van der Waals surface area contributed by atoms with Gasteiger partial charge in [0.1, 0.15) is 13.2 Å². The standard InChI is InChI=1S/C22H32O6.C11H12O2.C5H8O2.C4H6O2.4CH4.H2P/c1-7-21(4,19(26)28-13-16-11-9-8-10-12-16)15-22(5,17(23)24)14-20(2,3)18(25)27-6;1-9(2)11(12)13-8-10-6-4-3-5-7-10;1-4(2)5(6)7-3;1-3(2)4(5)6;;;;;/h8-12H,7,13-15H2,1-6H3,(H,23,24);3-7H,1,8H2,2H3;1H2,2-3H3;1H2,2H3,(H,5,6);4*1H4;1H2/q;;;;;;;;-1. The fourth-order valence-electron chi connectivity index (χ4n) is 4.66. The van der Waals surface area contributed by atoms with Gasteiger partial charge in [-0.2, -0.15) is 0 Å². The molecule has 0 fully saturated rings. The van der Waals surface area contributed by atoms with Gasteiger partial charge < -0.3 is 39.1 Å². The summed E-state index contributed by atoms with van der Waals surface area (Å²) in [5, 5.41) is 17.8. The van der Waals surface area contributed by atoms with E-state index in [1.165, 1.54) is 21.1 Å². The smallest absolute Gasteiger partial charge is 0.333 e. The Morgan fingerprint density at radius 1 is 0.576 bits per heavy atom. The predicted octanol–water partition coefficient (Wildman–Crippen LogP) is 10.8. The summed E-state index contributed by atoms with van der Waals surface area (Å²) in [5.41, 5.74) is -0.403. The van der Waals surface area contributed by atoms with Crippen LogP contribution in [0, 0.1) is 16.2 Å². The summed E-state index contributed by atoms with van der Waals surface area (Å²) < 4.78 is 19.5. The molecule has 0 heterocycles. The van der Waals surface area contributed by atoms with E-state index in [2.05, 4.69) is 24.5 Å². The zero-order valence-electron chi connectivity index (χ0n) is 34.0. The number of rotatable bonds is 15. The first-order chi connectivity index (χ1) is 24.9. The number of esters is 4. The van der Waals surface area contributed by atoms with E-state index in [1.54, 1.807) is 41.5 Å². The molecule has 12 nitrogen and oxygen atoms in total. The van der Waals surface area contributed by atoms with Gasteiger partial charge in [-0.3, -0.25) is 14.4 Å². The lowest BCUT2D eigenvalue weighted by Crippen LogP contribution is -2.43. The van der Waals surface area contributed by atoms with E-state index in [-0.39, 0.29) is 76.6 Å². The van der Waals surface area contributed by atoms with Gasteiger partial charge in [0.05, 0.1) is 30.5 Å². The number of carbonyl (C=O) groups excluding carboxylic acids is 4. The molecular weight excluding hydrogens is 775 g/mol. The van der Waals surface area contributed by atoms with Crippen LogP contribution >= 0.6 is 9.90 Å². The van der Waals surface area contributed by atoms with Gasteiger partial charge in [-0.1, -0.05) is 117 Å². The summed E-state index contributed by atoms with van der Waals surface area (Å²) in [4.78, 5) is 67.8. The third kappa shape index (κ3) is 28.1. The van der Waals surface area contributed by atoms with Gasteiger partial charge in [-0.15, -0.1) is 0 Å². The lowest BCUT2D eigenvalue weighted by Gasteiger charge is -2.38. The molecule has 0 amide bonds. The van der Waals surface area contributed by atoms with Crippen LogP contribution in [0.5, 0.6) is 0 Å². The van der Waals surface area contributed by atoms with Gasteiger partial charge in [-0.25, -0.2) is 14.4 Å². The number of carboxylic acid groups (broad SMARTS) is 2. The summed E-state index contributed by atoms with van der Waals surface area (Å²) in [5.74, 6) is -3.61. The second-order valence-electron chi connectivity index (χ2n) is 13.8. The minimum absolute atomic E-state index is 0. The topological polar surface area (TPSA) is 180 Å². The van der Waals surface area contributed by atoms with Gasteiger partial charge >= 0.3 is 35.8 Å². The van der Waals surface area contributed by atoms with E-state index in [9.17, 15) is 33.9 Å². The SMILES string of the molecule is C.C.C.C.C=C(C)C(=O)O.C=C(C)C(=O)OC.C=C(C)C(=O)OCc1ccccc1.CCC(C)(CC(C)(CC(C)(C)C(=O)OC)C(=O)O)C(=O)OCc1ccccc1.[PH2-]. The first-order valence-corrected chi connectivity index (χ1v) is 16.9. The van der Waals surface area contributed by atoms with Crippen molar-refractivity contribution in [3.8, 4) is 0 Å². The summed E-state index contributed by atoms with van der Waals surface area (Å²) in [6, 6.07) is 18.9. The van der Waals surface area contributed by atoms with Crippen LogP contribution < -0.4 is 0 Å². The molecule has 0 saturated carbocycles. The molecule has 0 aliphatic carbocycles. The van der Waals surface area contributed by atoms with E-state index in [1.807, 2.05) is 67.6 Å². The van der Waals surface area contributed by atoms with Gasteiger partial charge in [0.15, 0.2) is 0 Å². The van der Waals surface area contributed by atoms with E-state index in [4.69, 9.17) is 19.3 Å². The Morgan fingerprint density at radius 3 is 1.22 bits per heavy atom. The van der Waals surface area contributed by atoms with Crippen molar-refractivity contribution in [1.82, 2.24) is 0 Å². The average molecular weight is 852 g/mol. The quantitative estimate of drug-likeness (QED) is 0.0750. The third-order valence-electron chi connectivity index (χ3n) is 7.81. The highest BCUT2D eigenvalue weighted by molar-refractivity contribution is 6.92. The van der Waals surface area contributed by atoms with Crippen molar-refractivity contribution in [2.24, 2.45) is 16.2 Å². The predicted molar refractivity (Wildman–Crippen MR) is 242 cm³/mol. The Morgan fingerprint density at radius 2 is 0.949 bits per heavy atom. The van der Waals surface area contributed by atoms with Gasteiger partial charge in [-0.05, 0) is 78.9 Å². The molecule has 0 aliphatic heterocycles. The van der Waals surface area contributed by atoms with Crippen LogP contribution in [0.3, 0.4) is 0 Å². The van der Waals surface area contributed by atoms with Crippen LogP contribution in [0.25, 0.3) is 0 Å². The molecule has 13 heteroatoms. The molecule has 2 N–H and O–H groups in total. The first-order valence-electron chi connectivity index (χ1n) is 16.9. The monoisotopic (exact) mass is 852 g/mol. The Bertz CT molecular complexity index is 1570. The zero-order chi connectivity index (χ0) is 42.3. The maximum absolute atomic E-state index is 12.8. The van der Waals surface area contributed by atoms with Gasteiger partial charge in [0.25, 0.3) is 0 Å². The van der Waals surface area contributed by atoms with Crippen molar-refractivity contribution >= 4 is 45.7 Å². The van der Waals surface area contributed by atoms with E-state index in [0.717, 1.165) is 11.1 Å². The Hall–Kier alpha value is -5.09. The molecular formula is C46H76O12P-. The molecule has 0 aliphatic rings. The summed E-state index contributed by atoms with van der Waals surface area (Å²) in [7, 11) is 2.61. The van der Waals surface area contributed by atoms with Crippen molar-refractivity contribution in [2.45, 2.75) is 118 Å². The van der Waals surface area contributed by atoms with Crippen molar-refractivity contribution in [3.05, 3.63) is 108 Å². The summed E-state index contributed by atoms with van der Waals surface area (Å²) >= 11 is 0. The molecule has 59 heavy (non-hydrogen) atoms. The highest BCUT2D eigenvalue weighted by Crippen LogP contribution is 2.45. The highest BCUT2D eigenvalue weighted by Gasteiger charge is 2.49. The number of methoxy groups -OCH3 is 2. The second-order valence-corrected chi connectivity index (χ2v) is 13.8. The second kappa shape index (κ2) is 33.8. The average Bonchev–Trinajstić information content (AvgIpc) is 3.13. The van der Waals surface area contributed by atoms with Crippen LogP contribution in [0.1, 0.15) is 115 Å². The number of carbonyl (C=O) groups is 6. The van der Waals surface area contributed by atoms with Gasteiger partial charge in [0, 0.05) is 16.7 Å². The van der Waals surface area contributed by atoms with E-state index in [0.29, 0.717) is 24.2 Å². The normalized spacial score (nSPS) is 11.2. The van der Waals surface area contributed by atoms with Crippen molar-refractivity contribution in [2.75, 3.05) is 14.2 Å². The molecule has 2 aromatic rings. The Labute approximate surface area is 359 Å². The molecule has 2 unspecified atom stereocenters. The molecule has 2 aromatic carbocycles. The van der Waals surface area contributed by atoms with Crippen LogP contribution in [0.4, 0.5) is 0 Å². The fourth-order valence-corrected chi connectivity index (χ4v) is 4.66. The summed E-state index contributed by atoms with van der Waals surface area (Å²) in [6.07, 6.45) is 0.519. The van der Waals surface area contributed by atoms with Gasteiger partial charge in [0.2, 0.25) is 0 Å². The van der Waals surface area contributed by atoms with Crippen LogP contribution in [-0.2, 0) is 60.9 Å². The lowest BCUT2D eigenvalue weighted by molar-refractivity contribution is -0.165. The molecule has 0 aromatic heterocycles.